The maximum atomic E-state index is 12.6. The summed E-state index contributed by atoms with van der Waals surface area (Å²) in [4.78, 5) is 12.4. The van der Waals surface area contributed by atoms with Crippen molar-refractivity contribution in [3.63, 3.8) is 0 Å². The van der Waals surface area contributed by atoms with Gasteiger partial charge < -0.3 is 10.6 Å². The summed E-state index contributed by atoms with van der Waals surface area (Å²) in [5.74, 6) is -0.133. The van der Waals surface area contributed by atoms with Crippen LogP contribution in [0.3, 0.4) is 0 Å². The third kappa shape index (κ3) is 4.69. The summed E-state index contributed by atoms with van der Waals surface area (Å²) in [5, 5.41) is 6.47. The number of sulfonamides is 1. The number of nitrogens with zero attached hydrogens (tertiary/aromatic N) is 1. The second-order valence-electron chi connectivity index (χ2n) is 6.07. The van der Waals surface area contributed by atoms with Gasteiger partial charge in [0.2, 0.25) is 15.9 Å². The molecule has 134 valence electrons. The molecule has 0 saturated carbocycles. The van der Waals surface area contributed by atoms with E-state index in [1.807, 2.05) is 14.0 Å². The molecule has 0 bridgehead atoms. The molecule has 6 nitrogen and oxygen atoms in total. The van der Waals surface area contributed by atoms with E-state index in [1.165, 1.54) is 16.4 Å². The first-order valence-electron chi connectivity index (χ1n) is 8.05. The van der Waals surface area contributed by atoms with Crippen molar-refractivity contribution in [1.82, 2.24) is 14.9 Å². The molecule has 0 aromatic heterocycles. The van der Waals surface area contributed by atoms with E-state index in [0.29, 0.717) is 37.5 Å². The minimum Gasteiger partial charge on any atom is -0.354 e. The van der Waals surface area contributed by atoms with E-state index >= 15 is 0 Å². The molecule has 1 atom stereocenters. The van der Waals surface area contributed by atoms with E-state index in [2.05, 4.69) is 10.6 Å². The van der Waals surface area contributed by atoms with Crippen LogP contribution in [0.2, 0.25) is 5.02 Å². The van der Waals surface area contributed by atoms with Gasteiger partial charge in [-0.15, -0.1) is 0 Å². The van der Waals surface area contributed by atoms with Crippen molar-refractivity contribution < 1.29 is 13.2 Å². The smallest absolute Gasteiger partial charge is 0.243 e. The summed E-state index contributed by atoms with van der Waals surface area (Å²) < 4.78 is 26.6. The first-order chi connectivity index (χ1) is 11.3. The lowest BCUT2D eigenvalue weighted by molar-refractivity contribution is -0.126. The maximum absolute atomic E-state index is 12.6. The lowest BCUT2D eigenvalue weighted by atomic mass is 9.97. The summed E-state index contributed by atoms with van der Waals surface area (Å²) in [6.07, 6.45) is 1.07. The number of halogens is 1. The Hall–Kier alpha value is -1.15. The third-order valence-corrected chi connectivity index (χ3v) is 6.52. The Morgan fingerprint density at radius 1 is 1.29 bits per heavy atom. The Morgan fingerprint density at radius 3 is 2.42 bits per heavy atom. The van der Waals surface area contributed by atoms with Gasteiger partial charge in [0, 0.05) is 36.6 Å². The Bertz CT molecular complexity index is 656. The molecule has 0 radical (unpaired) electrons. The molecule has 1 saturated heterocycles. The number of rotatable bonds is 6. The monoisotopic (exact) mass is 373 g/mol. The highest BCUT2D eigenvalue weighted by atomic mass is 35.5. The molecule has 1 heterocycles. The molecule has 2 N–H and O–H groups in total. The fraction of sp³-hybridized carbons (Fsp3) is 0.562. The van der Waals surface area contributed by atoms with Gasteiger partial charge in [0.25, 0.3) is 0 Å². The van der Waals surface area contributed by atoms with E-state index in [4.69, 9.17) is 11.6 Å². The second kappa shape index (κ2) is 8.29. The molecule has 1 unspecified atom stereocenters. The number of amides is 1. The topological polar surface area (TPSA) is 78.5 Å². The normalized spacial score (nSPS) is 18.3. The zero-order valence-electron chi connectivity index (χ0n) is 14.0. The quantitative estimate of drug-likeness (QED) is 0.791. The highest BCUT2D eigenvalue weighted by Crippen LogP contribution is 2.24. The van der Waals surface area contributed by atoms with Crippen LogP contribution >= 0.6 is 11.6 Å². The van der Waals surface area contributed by atoms with E-state index in [0.717, 1.165) is 0 Å². The predicted molar refractivity (Wildman–Crippen MR) is 94.5 cm³/mol. The van der Waals surface area contributed by atoms with Gasteiger partial charge in [0.1, 0.15) is 0 Å². The molecule has 8 heteroatoms. The van der Waals surface area contributed by atoms with Crippen molar-refractivity contribution >= 4 is 27.5 Å². The number of nitrogens with one attached hydrogen (secondary N) is 2. The van der Waals surface area contributed by atoms with Gasteiger partial charge in [-0.3, -0.25) is 4.79 Å². The van der Waals surface area contributed by atoms with Crippen molar-refractivity contribution in [3.05, 3.63) is 29.3 Å². The van der Waals surface area contributed by atoms with Gasteiger partial charge in [-0.25, -0.2) is 8.42 Å². The molecular weight excluding hydrogens is 350 g/mol. The summed E-state index contributed by atoms with van der Waals surface area (Å²) in [6.45, 7) is 3.26. The minimum atomic E-state index is -3.52. The number of carbonyl (C=O) groups is 1. The van der Waals surface area contributed by atoms with Gasteiger partial charge in [-0.2, -0.15) is 4.31 Å². The number of hydrogen-bond acceptors (Lipinski definition) is 4. The van der Waals surface area contributed by atoms with Crippen molar-refractivity contribution in [1.29, 1.82) is 0 Å². The SMILES string of the molecule is CNC(C)CNC(=O)C1CCN(S(=O)(=O)c2ccc(Cl)cc2)CC1. The third-order valence-electron chi connectivity index (χ3n) is 4.35. The average Bonchev–Trinajstić information content (AvgIpc) is 2.59. The molecule has 1 fully saturated rings. The molecule has 24 heavy (non-hydrogen) atoms. The molecule has 1 aliphatic rings. The molecule has 1 aromatic rings. The largest absolute Gasteiger partial charge is 0.354 e. The first kappa shape index (κ1) is 19.2. The molecule has 1 amide bonds. The van der Waals surface area contributed by atoms with Crippen molar-refractivity contribution in [2.24, 2.45) is 5.92 Å². The van der Waals surface area contributed by atoms with Gasteiger partial charge in [-0.05, 0) is 51.1 Å². The van der Waals surface area contributed by atoms with Crippen LogP contribution in [0.15, 0.2) is 29.2 Å². The zero-order valence-corrected chi connectivity index (χ0v) is 15.5. The van der Waals surface area contributed by atoms with E-state index in [9.17, 15) is 13.2 Å². The molecule has 0 spiro atoms. The standard InChI is InChI=1S/C16H24ClN3O3S/c1-12(18-2)11-19-16(21)13-7-9-20(10-8-13)24(22,23)15-5-3-14(17)4-6-15/h3-6,12-13,18H,7-11H2,1-2H3,(H,19,21). The zero-order chi connectivity index (χ0) is 17.7. The van der Waals surface area contributed by atoms with E-state index < -0.39 is 10.0 Å². The Labute approximate surface area is 148 Å². The van der Waals surface area contributed by atoms with E-state index in [-0.39, 0.29) is 22.8 Å². The average molecular weight is 374 g/mol. The van der Waals surface area contributed by atoms with Crippen LogP contribution in [0, 0.1) is 5.92 Å². The molecule has 1 aromatic carbocycles. The molecule has 1 aliphatic heterocycles. The van der Waals surface area contributed by atoms with Gasteiger partial charge in [0.05, 0.1) is 4.90 Å². The lowest BCUT2D eigenvalue weighted by Crippen LogP contribution is -2.45. The lowest BCUT2D eigenvalue weighted by Gasteiger charge is -2.30. The van der Waals surface area contributed by atoms with Crippen LogP contribution in [0.5, 0.6) is 0 Å². The summed E-state index contributed by atoms with van der Waals surface area (Å²) in [6, 6.07) is 6.36. The fourth-order valence-electron chi connectivity index (χ4n) is 2.61. The molecule has 2 rings (SSSR count). The highest BCUT2D eigenvalue weighted by molar-refractivity contribution is 7.89. The van der Waals surface area contributed by atoms with Crippen molar-refractivity contribution in [2.75, 3.05) is 26.7 Å². The summed E-state index contributed by atoms with van der Waals surface area (Å²) in [7, 11) is -1.68. The first-order valence-corrected chi connectivity index (χ1v) is 9.87. The Balaban J connectivity index is 1.92. The fourth-order valence-corrected chi connectivity index (χ4v) is 4.21. The Kier molecular flexibility index (Phi) is 6.62. The van der Waals surface area contributed by atoms with Gasteiger partial charge in [-0.1, -0.05) is 11.6 Å². The second-order valence-corrected chi connectivity index (χ2v) is 8.44. The van der Waals surface area contributed by atoms with Crippen LogP contribution < -0.4 is 10.6 Å². The highest BCUT2D eigenvalue weighted by Gasteiger charge is 2.32. The minimum absolute atomic E-state index is 0.000593. The summed E-state index contributed by atoms with van der Waals surface area (Å²) >= 11 is 5.81. The number of likely N-dealkylation sites (N-methyl/N-ethyl adjacent to an activating group) is 1. The number of benzene rings is 1. The van der Waals surface area contributed by atoms with Crippen LogP contribution in [-0.4, -0.2) is 51.4 Å². The van der Waals surface area contributed by atoms with Gasteiger partial charge in [0.15, 0.2) is 0 Å². The summed E-state index contributed by atoms with van der Waals surface area (Å²) in [5.41, 5.74) is 0. The van der Waals surface area contributed by atoms with Crippen LogP contribution in [0.1, 0.15) is 19.8 Å². The maximum Gasteiger partial charge on any atom is 0.243 e. The molecule has 0 aliphatic carbocycles. The van der Waals surface area contributed by atoms with Crippen molar-refractivity contribution in [3.8, 4) is 0 Å². The van der Waals surface area contributed by atoms with Crippen molar-refractivity contribution in [2.45, 2.75) is 30.7 Å². The number of carbonyl (C=O) groups excluding carboxylic acids is 1. The number of piperidine rings is 1. The van der Waals surface area contributed by atoms with E-state index in [1.54, 1.807) is 12.1 Å². The van der Waals surface area contributed by atoms with Crippen LogP contribution in [0.4, 0.5) is 0 Å². The molecular formula is C16H24ClN3O3S. The van der Waals surface area contributed by atoms with Gasteiger partial charge >= 0.3 is 0 Å². The van der Waals surface area contributed by atoms with Crippen LogP contribution in [-0.2, 0) is 14.8 Å². The predicted octanol–water partition coefficient (Wildman–Crippen LogP) is 1.46. The Morgan fingerprint density at radius 2 is 1.88 bits per heavy atom. The van der Waals surface area contributed by atoms with Crippen LogP contribution in [0.25, 0.3) is 0 Å². The number of hydrogen-bond donors (Lipinski definition) is 2.